The Labute approximate surface area is 118 Å². The molecule has 0 saturated heterocycles. The van der Waals surface area contributed by atoms with Gasteiger partial charge in [0.05, 0.1) is 6.20 Å². The predicted octanol–water partition coefficient (Wildman–Crippen LogP) is 1.05. The van der Waals surface area contributed by atoms with Crippen LogP contribution < -0.4 is 10.6 Å². The molecule has 2 aromatic rings. The molecule has 2 rings (SSSR count). The zero-order chi connectivity index (χ0) is 14.4. The molecule has 0 aliphatic rings. The highest BCUT2D eigenvalue weighted by Gasteiger charge is 2.04. The molecule has 0 aliphatic carbocycles. The minimum absolute atomic E-state index is 0.396. The third-order valence-corrected chi connectivity index (χ3v) is 2.78. The van der Waals surface area contributed by atoms with Crippen LogP contribution in [0.5, 0.6) is 0 Å². The number of hydrogen-bond acceptors (Lipinski definition) is 6. The van der Waals surface area contributed by atoms with Gasteiger partial charge in [-0.3, -0.25) is 4.68 Å². The Morgan fingerprint density at radius 2 is 2.10 bits per heavy atom. The van der Waals surface area contributed by atoms with Gasteiger partial charge >= 0.3 is 0 Å². The molecular formula is C13H20N6O. The molecule has 20 heavy (non-hydrogen) atoms. The van der Waals surface area contributed by atoms with Crippen LogP contribution in [0.25, 0.3) is 0 Å². The van der Waals surface area contributed by atoms with Gasteiger partial charge < -0.3 is 15.4 Å². The van der Waals surface area contributed by atoms with Gasteiger partial charge in [0, 0.05) is 40.0 Å². The molecule has 2 heterocycles. The van der Waals surface area contributed by atoms with Crippen molar-refractivity contribution in [3.8, 4) is 0 Å². The number of ether oxygens (including phenoxy) is 1. The fraction of sp³-hybridized carbons (Fsp3) is 0.462. The van der Waals surface area contributed by atoms with Crippen molar-refractivity contribution in [3.05, 3.63) is 29.8 Å². The van der Waals surface area contributed by atoms with Crippen molar-refractivity contribution < 1.29 is 4.74 Å². The monoisotopic (exact) mass is 276 g/mol. The minimum Gasteiger partial charge on any atom is -0.377 e. The van der Waals surface area contributed by atoms with Crippen molar-refractivity contribution in [2.75, 3.05) is 31.3 Å². The molecule has 0 radical (unpaired) electrons. The number of aryl methyl sites for hydroxylation is 1. The molecule has 0 unspecified atom stereocenters. The number of aromatic nitrogens is 4. The van der Waals surface area contributed by atoms with E-state index in [-0.39, 0.29) is 0 Å². The maximum atomic E-state index is 5.07. The minimum atomic E-state index is 0.396. The van der Waals surface area contributed by atoms with E-state index in [9.17, 15) is 0 Å². The average molecular weight is 276 g/mol. The Bertz CT molecular complexity index is 554. The van der Waals surface area contributed by atoms with E-state index in [4.69, 9.17) is 4.74 Å². The molecule has 7 nitrogen and oxygen atoms in total. The lowest BCUT2D eigenvalue weighted by molar-refractivity contribution is 0.178. The van der Waals surface area contributed by atoms with Gasteiger partial charge in [-0.1, -0.05) is 0 Å². The average Bonchev–Trinajstić information content (AvgIpc) is 2.84. The zero-order valence-corrected chi connectivity index (χ0v) is 12.1. The molecule has 0 bridgehead atoms. The summed E-state index contributed by atoms with van der Waals surface area (Å²) in [7, 11) is 5.38. The molecule has 108 valence electrons. The number of rotatable bonds is 7. The SMILES string of the molecule is CNc1cc(NCCc2cnn(C)c2)nc(COC)n1. The van der Waals surface area contributed by atoms with Gasteiger partial charge in [-0.15, -0.1) is 0 Å². The fourth-order valence-electron chi connectivity index (χ4n) is 1.85. The summed E-state index contributed by atoms with van der Waals surface area (Å²) in [6.07, 6.45) is 4.78. The normalized spacial score (nSPS) is 10.6. The lowest BCUT2D eigenvalue weighted by Gasteiger charge is -2.09. The van der Waals surface area contributed by atoms with Gasteiger partial charge in [-0.05, 0) is 12.0 Å². The second kappa shape index (κ2) is 6.85. The smallest absolute Gasteiger partial charge is 0.158 e. The van der Waals surface area contributed by atoms with Crippen molar-refractivity contribution >= 4 is 11.6 Å². The Morgan fingerprint density at radius 3 is 2.75 bits per heavy atom. The molecule has 2 N–H and O–H groups in total. The predicted molar refractivity (Wildman–Crippen MR) is 77.7 cm³/mol. The van der Waals surface area contributed by atoms with E-state index in [0.717, 1.165) is 24.6 Å². The van der Waals surface area contributed by atoms with Crippen LogP contribution in [0.2, 0.25) is 0 Å². The molecule has 2 aromatic heterocycles. The Hall–Kier alpha value is -2.15. The summed E-state index contributed by atoms with van der Waals surface area (Å²) < 4.78 is 6.87. The number of anilines is 2. The summed E-state index contributed by atoms with van der Waals surface area (Å²) in [6.45, 7) is 1.19. The van der Waals surface area contributed by atoms with Gasteiger partial charge in [0.1, 0.15) is 18.2 Å². The van der Waals surface area contributed by atoms with Crippen LogP contribution >= 0.6 is 0 Å². The van der Waals surface area contributed by atoms with Crippen LogP contribution in [0, 0.1) is 0 Å². The summed E-state index contributed by atoms with van der Waals surface area (Å²) in [5, 5.41) is 10.5. The van der Waals surface area contributed by atoms with Crippen LogP contribution in [0.3, 0.4) is 0 Å². The highest BCUT2D eigenvalue weighted by molar-refractivity contribution is 5.47. The fourth-order valence-corrected chi connectivity index (χ4v) is 1.85. The first-order valence-corrected chi connectivity index (χ1v) is 6.47. The molecule has 0 amide bonds. The maximum Gasteiger partial charge on any atom is 0.158 e. The van der Waals surface area contributed by atoms with Crippen molar-refractivity contribution in [2.24, 2.45) is 7.05 Å². The van der Waals surface area contributed by atoms with Crippen molar-refractivity contribution in [2.45, 2.75) is 13.0 Å². The highest BCUT2D eigenvalue weighted by Crippen LogP contribution is 2.11. The van der Waals surface area contributed by atoms with Crippen LogP contribution in [-0.2, 0) is 24.8 Å². The molecule has 0 spiro atoms. The van der Waals surface area contributed by atoms with E-state index in [0.29, 0.717) is 12.4 Å². The zero-order valence-electron chi connectivity index (χ0n) is 12.1. The van der Waals surface area contributed by atoms with E-state index < -0.39 is 0 Å². The number of nitrogens with one attached hydrogen (secondary N) is 2. The first kappa shape index (κ1) is 14.3. The molecule has 0 atom stereocenters. The molecule has 0 fully saturated rings. The Balaban J connectivity index is 1.95. The van der Waals surface area contributed by atoms with Crippen molar-refractivity contribution in [1.82, 2.24) is 19.7 Å². The summed E-state index contributed by atoms with van der Waals surface area (Å²) in [6, 6.07) is 1.88. The standard InChI is InChI=1S/C13H20N6O/c1-14-11-6-12(18-13(17-11)9-20-3)15-5-4-10-7-16-19(2)8-10/h6-8H,4-5,9H2,1-3H3,(H2,14,15,17,18). The van der Waals surface area contributed by atoms with Crippen LogP contribution in [0.4, 0.5) is 11.6 Å². The van der Waals surface area contributed by atoms with Crippen LogP contribution in [-0.4, -0.2) is 40.5 Å². The largest absolute Gasteiger partial charge is 0.377 e. The second-order valence-electron chi connectivity index (χ2n) is 4.44. The summed E-state index contributed by atoms with van der Waals surface area (Å²) in [5.74, 6) is 2.22. The summed E-state index contributed by atoms with van der Waals surface area (Å²) >= 11 is 0. The molecule has 7 heteroatoms. The topological polar surface area (TPSA) is 76.9 Å². The lowest BCUT2D eigenvalue weighted by Crippen LogP contribution is -2.09. The second-order valence-corrected chi connectivity index (χ2v) is 4.44. The number of nitrogens with zero attached hydrogens (tertiary/aromatic N) is 4. The van der Waals surface area contributed by atoms with Gasteiger partial charge in [-0.25, -0.2) is 9.97 Å². The summed E-state index contributed by atoms with van der Waals surface area (Å²) in [4.78, 5) is 8.71. The van der Waals surface area contributed by atoms with E-state index in [1.165, 1.54) is 5.56 Å². The van der Waals surface area contributed by atoms with E-state index >= 15 is 0 Å². The third kappa shape index (κ3) is 3.92. The van der Waals surface area contributed by atoms with E-state index in [1.54, 1.807) is 11.8 Å². The maximum absolute atomic E-state index is 5.07. The number of hydrogen-bond donors (Lipinski definition) is 2. The highest BCUT2D eigenvalue weighted by atomic mass is 16.5. The van der Waals surface area contributed by atoms with E-state index in [1.807, 2.05) is 32.6 Å². The Kier molecular flexibility index (Phi) is 4.89. The quantitative estimate of drug-likeness (QED) is 0.787. The first-order valence-electron chi connectivity index (χ1n) is 6.47. The van der Waals surface area contributed by atoms with Gasteiger partial charge in [-0.2, -0.15) is 5.10 Å². The molecule has 0 saturated carbocycles. The van der Waals surface area contributed by atoms with Crippen molar-refractivity contribution in [3.63, 3.8) is 0 Å². The molecule has 0 aliphatic heterocycles. The number of methoxy groups -OCH3 is 1. The van der Waals surface area contributed by atoms with Gasteiger partial charge in [0.15, 0.2) is 5.82 Å². The lowest BCUT2D eigenvalue weighted by atomic mass is 10.2. The third-order valence-electron chi connectivity index (χ3n) is 2.78. The molecule has 0 aromatic carbocycles. The van der Waals surface area contributed by atoms with E-state index in [2.05, 4.69) is 25.7 Å². The molecular weight excluding hydrogens is 256 g/mol. The van der Waals surface area contributed by atoms with Gasteiger partial charge in [0.2, 0.25) is 0 Å². The van der Waals surface area contributed by atoms with Crippen LogP contribution in [0.1, 0.15) is 11.4 Å². The Morgan fingerprint density at radius 1 is 1.30 bits per heavy atom. The van der Waals surface area contributed by atoms with Crippen LogP contribution in [0.15, 0.2) is 18.5 Å². The van der Waals surface area contributed by atoms with Crippen molar-refractivity contribution in [1.29, 1.82) is 0 Å². The van der Waals surface area contributed by atoms with Gasteiger partial charge in [0.25, 0.3) is 0 Å². The summed E-state index contributed by atoms with van der Waals surface area (Å²) in [5.41, 5.74) is 1.19. The first-order chi connectivity index (χ1) is 9.71.